The van der Waals surface area contributed by atoms with Crippen molar-refractivity contribution in [3.05, 3.63) is 35.3 Å². The highest BCUT2D eigenvalue weighted by Crippen LogP contribution is 2.37. The number of hydrogen-bond donors (Lipinski definition) is 1. The van der Waals surface area contributed by atoms with Crippen molar-refractivity contribution in [2.75, 3.05) is 0 Å². The van der Waals surface area contributed by atoms with Gasteiger partial charge in [-0.1, -0.05) is 13.8 Å². The third kappa shape index (κ3) is 2.23. The highest BCUT2D eigenvalue weighted by atomic mass is 19.1. The first-order valence-corrected chi connectivity index (χ1v) is 6.21. The summed E-state index contributed by atoms with van der Waals surface area (Å²) in [7, 11) is 1.87. The highest BCUT2D eigenvalue weighted by molar-refractivity contribution is 5.87. The van der Waals surface area contributed by atoms with Crippen LogP contribution in [0.2, 0.25) is 0 Å². The number of fused-ring (bicyclic) bond motifs is 1. The molecule has 0 saturated heterocycles. The summed E-state index contributed by atoms with van der Waals surface area (Å²) >= 11 is 0. The number of halogens is 1. The molecule has 1 N–H and O–H groups in total. The smallest absolute Gasteiger partial charge is 0.304 e. The van der Waals surface area contributed by atoms with Crippen LogP contribution in [0.4, 0.5) is 4.39 Å². The Morgan fingerprint density at radius 1 is 1.42 bits per heavy atom. The molecule has 0 radical (unpaired) electrons. The Kier molecular flexibility index (Phi) is 3.12. The first-order chi connectivity index (χ1) is 8.74. The van der Waals surface area contributed by atoms with Gasteiger partial charge in [-0.05, 0) is 30.7 Å². The summed E-state index contributed by atoms with van der Waals surface area (Å²) in [6.45, 7) is 5.76. The molecule has 102 valence electrons. The summed E-state index contributed by atoms with van der Waals surface area (Å²) < 4.78 is 15.3. The molecule has 4 heteroatoms. The van der Waals surface area contributed by atoms with Crippen LogP contribution in [0, 0.1) is 12.7 Å². The Balaban J connectivity index is 2.73. The monoisotopic (exact) mass is 263 g/mol. The van der Waals surface area contributed by atoms with Gasteiger partial charge in [0.15, 0.2) is 0 Å². The van der Waals surface area contributed by atoms with Crippen LogP contribution in [0.5, 0.6) is 0 Å². The molecule has 0 atom stereocenters. The third-order valence-corrected chi connectivity index (χ3v) is 3.73. The predicted molar refractivity (Wildman–Crippen MR) is 72.9 cm³/mol. The van der Waals surface area contributed by atoms with Crippen molar-refractivity contribution < 1.29 is 14.3 Å². The van der Waals surface area contributed by atoms with E-state index in [1.54, 1.807) is 6.07 Å². The van der Waals surface area contributed by atoms with E-state index in [1.165, 1.54) is 12.1 Å². The highest BCUT2D eigenvalue weighted by Gasteiger charge is 2.30. The fourth-order valence-corrected chi connectivity index (χ4v) is 2.86. The average Bonchev–Trinajstić information content (AvgIpc) is 2.51. The van der Waals surface area contributed by atoms with E-state index < -0.39 is 11.4 Å². The summed E-state index contributed by atoms with van der Waals surface area (Å²) in [6.07, 6.45) is 0.0460. The molecule has 0 bridgehead atoms. The first kappa shape index (κ1) is 13.6. The van der Waals surface area contributed by atoms with Crippen molar-refractivity contribution in [2.45, 2.75) is 32.6 Å². The summed E-state index contributed by atoms with van der Waals surface area (Å²) in [5.74, 6) is -1.11. The van der Waals surface area contributed by atoms with E-state index in [2.05, 4.69) is 0 Å². The molecule has 1 heterocycles. The fraction of sp³-hybridized carbons (Fsp3) is 0.400. The molecule has 2 rings (SSSR count). The van der Waals surface area contributed by atoms with Gasteiger partial charge in [-0.2, -0.15) is 0 Å². The quantitative estimate of drug-likeness (QED) is 0.922. The Morgan fingerprint density at radius 3 is 2.63 bits per heavy atom. The zero-order valence-corrected chi connectivity index (χ0v) is 11.6. The van der Waals surface area contributed by atoms with Gasteiger partial charge in [0.05, 0.1) is 11.9 Å². The number of benzene rings is 1. The number of rotatable bonds is 3. The second-order valence-electron chi connectivity index (χ2n) is 5.64. The lowest BCUT2D eigenvalue weighted by Crippen LogP contribution is -2.22. The maximum atomic E-state index is 13.4. The van der Waals surface area contributed by atoms with Crippen molar-refractivity contribution >= 4 is 16.9 Å². The minimum absolute atomic E-state index is 0.0460. The molecular formula is C15H18FNO2. The van der Waals surface area contributed by atoms with Gasteiger partial charge in [-0.25, -0.2) is 4.39 Å². The minimum Gasteiger partial charge on any atom is -0.481 e. The molecular weight excluding hydrogens is 245 g/mol. The van der Waals surface area contributed by atoms with Crippen molar-refractivity contribution in [3.63, 3.8) is 0 Å². The van der Waals surface area contributed by atoms with Crippen LogP contribution >= 0.6 is 0 Å². The normalized spacial score (nSPS) is 12.1. The predicted octanol–water partition coefficient (Wildman–Crippen LogP) is 3.38. The zero-order chi connectivity index (χ0) is 14.4. The van der Waals surface area contributed by atoms with Gasteiger partial charge in [0.2, 0.25) is 0 Å². The van der Waals surface area contributed by atoms with Crippen LogP contribution < -0.4 is 0 Å². The number of aryl methyl sites for hydroxylation is 1. The number of carbonyl (C=O) groups is 1. The summed E-state index contributed by atoms with van der Waals surface area (Å²) in [6, 6.07) is 4.64. The maximum absolute atomic E-state index is 13.4. The fourth-order valence-electron chi connectivity index (χ4n) is 2.86. The largest absolute Gasteiger partial charge is 0.481 e. The summed E-state index contributed by atoms with van der Waals surface area (Å²) in [4.78, 5) is 11.0. The topological polar surface area (TPSA) is 42.2 Å². The number of carboxylic acids is 1. The number of nitrogens with zero attached hydrogens (tertiary/aromatic N) is 1. The van der Waals surface area contributed by atoms with E-state index in [0.29, 0.717) is 0 Å². The molecule has 0 aliphatic heterocycles. The van der Waals surface area contributed by atoms with E-state index >= 15 is 0 Å². The van der Waals surface area contributed by atoms with Crippen LogP contribution in [-0.4, -0.2) is 15.6 Å². The standard InChI is InChI=1S/C15H18FNO2/c1-9-14(15(2,3)8-13(18)19)11-6-5-10(16)7-12(11)17(9)4/h5-7H,8H2,1-4H3,(H,18,19). The Morgan fingerprint density at radius 2 is 2.05 bits per heavy atom. The van der Waals surface area contributed by atoms with E-state index in [-0.39, 0.29) is 12.2 Å². The number of carboxylic acid groups (broad SMARTS) is 1. The lowest BCUT2D eigenvalue weighted by Gasteiger charge is -2.23. The van der Waals surface area contributed by atoms with Crippen LogP contribution in [0.3, 0.4) is 0 Å². The van der Waals surface area contributed by atoms with Crippen molar-refractivity contribution in [3.8, 4) is 0 Å². The van der Waals surface area contributed by atoms with Crippen molar-refractivity contribution in [1.29, 1.82) is 0 Å². The number of aromatic nitrogens is 1. The van der Waals surface area contributed by atoms with Crippen molar-refractivity contribution in [1.82, 2.24) is 4.57 Å². The lowest BCUT2D eigenvalue weighted by molar-refractivity contribution is -0.138. The molecule has 0 saturated carbocycles. The Bertz CT molecular complexity index is 656. The molecule has 1 aromatic heterocycles. The third-order valence-electron chi connectivity index (χ3n) is 3.73. The molecule has 3 nitrogen and oxygen atoms in total. The van der Waals surface area contributed by atoms with Gasteiger partial charge in [0.25, 0.3) is 0 Å². The lowest BCUT2D eigenvalue weighted by atomic mass is 9.80. The molecule has 0 unspecified atom stereocenters. The SMILES string of the molecule is Cc1c(C(C)(C)CC(=O)O)c2ccc(F)cc2n1C. The molecule has 2 aromatic rings. The molecule has 0 aliphatic rings. The molecule has 0 aliphatic carbocycles. The van der Waals surface area contributed by atoms with Crippen molar-refractivity contribution in [2.24, 2.45) is 7.05 Å². The summed E-state index contributed by atoms with van der Waals surface area (Å²) in [5.41, 5.74) is 2.26. The zero-order valence-electron chi connectivity index (χ0n) is 11.6. The van der Waals surface area contributed by atoms with E-state index in [0.717, 1.165) is 22.2 Å². The van der Waals surface area contributed by atoms with Crippen LogP contribution in [-0.2, 0) is 17.3 Å². The second kappa shape index (κ2) is 4.37. The summed E-state index contributed by atoms with van der Waals surface area (Å²) in [5, 5.41) is 9.98. The van der Waals surface area contributed by atoms with Crippen LogP contribution in [0.25, 0.3) is 10.9 Å². The Labute approximate surface area is 111 Å². The average molecular weight is 263 g/mol. The molecule has 0 spiro atoms. The van der Waals surface area contributed by atoms with Gasteiger partial charge in [0.1, 0.15) is 5.82 Å². The van der Waals surface area contributed by atoms with Gasteiger partial charge in [0, 0.05) is 23.5 Å². The maximum Gasteiger partial charge on any atom is 0.304 e. The number of hydrogen-bond acceptors (Lipinski definition) is 1. The van der Waals surface area contributed by atoms with E-state index in [9.17, 15) is 9.18 Å². The minimum atomic E-state index is -0.830. The van der Waals surface area contributed by atoms with Gasteiger partial charge >= 0.3 is 5.97 Å². The van der Waals surface area contributed by atoms with Crippen LogP contribution in [0.1, 0.15) is 31.5 Å². The van der Waals surface area contributed by atoms with Gasteiger partial charge in [-0.3, -0.25) is 4.79 Å². The van der Waals surface area contributed by atoms with E-state index in [4.69, 9.17) is 5.11 Å². The van der Waals surface area contributed by atoms with Gasteiger partial charge in [-0.15, -0.1) is 0 Å². The number of aliphatic carboxylic acids is 1. The van der Waals surface area contributed by atoms with Gasteiger partial charge < -0.3 is 9.67 Å². The molecule has 19 heavy (non-hydrogen) atoms. The Hall–Kier alpha value is -1.84. The first-order valence-electron chi connectivity index (χ1n) is 6.21. The molecule has 0 fully saturated rings. The molecule has 0 amide bonds. The van der Waals surface area contributed by atoms with Crippen LogP contribution in [0.15, 0.2) is 18.2 Å². The second-order valence-corrected chi connectivity index (χ2v) is 5.64. The molecule has 1 aromatic carbocycles. The van der Waals surface area contributed by atoms with E-state index in [1.807, 2.05) is 32.4 Å².